The normalized spacial score (nSPS) is 24.7. The van der Waals surface area contributed by atoms with E-state index in [-0.39, 0.29) is 5.92 Å². The summed E-state index contributed by atoms with van der Waals surface area (Å²) >= 11 is 0. The molecule has 1 aliphatic carbocycles. The Hall–Kier alpha value is -1.32. The molecular weight excluding hydrogens is 228 g/mol. The number of carbonyl (C=O) groups is 1. The van der Waals surface area contributed by atoms with Crippen molar-refractivity contribution < 1.29 is 9.90 Å². The van der Waals surface area contributed by atoms with Crippen LogP contribution in [0.2, 0.25) is 0 Å². The van der Waals surface area contributed by atoms with Gasteiger partial charge in [-0.3, -0.25) is 9.48 Å². The molecule has 2 unspecified atom stereocenters. The summed E-state index contributed by atoms with van der Waals surface area (Å²) in [5.74, 6) is -0.410. The first kappa shape index (κ1) is 13.1. The second-order valence-corrected chi connectivity index (χ2v) is 5.33. The third-order valence-electron chi connectivity index (χ3n) is 4.17. The smallest absolute Gasteiger partial charge is 0.306 e. The molecule has 0 saturated heterocycles. The number of aliphatic carboxylic acids is 1. The van der Waals surface area contributed by atoms with Crippen LogP contribution in [0, 0.1) is 11.8 Å². The van der Waals surface area contributed by atoms with Gasteiger partial charge in [0.05, 0.1) is 5.92 Å². The molecule has 4 nitrogen and oxygen atoms in total. The molecule has 18 heavy (non-hydrogen) atoms. The van der Waals surface area contributed by atoms with Crippen LogP contribution >= 0.6 is 0 Å². The molecule has 1 heterocycles. The maximum absolute atomic E-state index is 11.3. The summed E-state index contributed by atoms with van der Waals surface area (Å²) in [7, 11) is 1.94. The maximum Gasteiger partial charge on any atom is 0.306 e. The van der Waals surface area contributed by atoms with Crippen molar-refractivity contribution in [1.29, 1.82) is 0 Å². The minimum absolute atomic E-state index is 0.138. The first-order valence-electron chi connectivity index (χ1n) is 6.88. The van der Waals surface area contributed by atoms with Gasteiger partial charge in [0, 0.05) is 18.9 Å². The van der Waals surface area contributed by atoms with Crippen LogP contribution in [0.5, 0.6) is 0 Å². The molecule has 0 radical (unpaired) electrons. The highest BCUT2D eigenvalue weighted by Crippen LogP contribution is 2.32. The van der Waals surface area contributed by atoms with E-state index in [0.717, 1.165) is 32.1 Å². The van der Waals surface area contributed by atoms with Crippen molar-refractivity contribution in [2.45, 2.75) is 44.9 Å². The number of carboxylic acid groups (broad SMARTS) is 1. The van der Waals surface area contributed by atoms with Crippen LogP contribution in [-0.2, 0) is 18.3 Å². The van der Waals surface area contributed by atoms with Crippen molar-refractivity contribution in [2.24, 2.45) is 18.9 Å². The highest BCUT2D eigenvalue weighted by molar-refractivity contribution is 5.70. The summed E-state index contributed by atoms with van der Waals surface area (Å²) in [5, 5.41) is 13.5. The Labute approximate surface area is 108 Å². The van der Waals surface area contributed by atoms with E-state index in [0.29, 0.717) is 5.92 Å². The molecule has 1 fully saturated rings. The highest BCUT2D eigenvalue weighted by atomic mass is 16.4. The van der Waals surface area contributed by atoms with E-state index in [4.69, 9.17) is 0 Å². The van der Waals surface area contributed by atoms with Crippen molar-refractivity contribution in [2.75, 3.05) is 0 Å². The molecule has 1 aromatic rings. The SMILES string of the molecule is Cn1nccc1CCC1CCCCCC1C(=O)O. The van der Waals surface area contributed by atoms with Crippen LogP contribution in [0.4, 0.5) is 0 Å². The minimum atomic E-state index is -0.605. The van der Waals surface area contributed by atoms with Crippen LogP contribution in [0.15, 0.2) is 12.3 Å². The first-order valence-corrected chi connectivity index (χ1v) is 6.88. The number of aromatic nitrogens is 2. The van der Waals surface area contributed by atoms with E-state index >= 15 is 0 Å². The molecule has 0 amide bonds. The van der Waals surface area contributed by atoms with Crippen molar-refractivity contribution in [3.8, 4) is 0 Å². The van der Waals surface area contributed by atoms with Gasteiger partial charge in [-0.1, -0.05) is 19.3 Å². The second kappa shape index (κ2) is 6.03. The molecule has 1 saturated carbocycles. The minimum Gasteiger partial charge on any atom is -0.481 e. The Bertz CT molecular complexity index is 400. The number of nitrogens with zero attached hydrogens (tertiary/aromatic N) is 2. The Morgan fingerprint density at radius 2 is 2.22 bits per heavy atom. The molecule has 0 spiro atoms. The molecule has 0 aliphatic heterocycles. The molecular formula is C14H22N2O2. The zero-order chi connectivity index (χ0) is 13.0. The number of hydrogen-bond acceptors (Lipinski definition) is 2. The quantitative estimate of drug-likeness (QED) is 0.836. The van der Waals surface area contributed by atoms with E-state index in [1.165, 1.54) is 18.5 Å². The van der Waals surface area contributed by atoms with Crippen LogP contribution in [0.3, 0.4) is 0 Å². The fourth-order valence-corrected chi connectivity index (χ4v) is 3.03. The van der Waals surface area contributed by atoms with Crippen molar-refractivity contribution >= 4 is 5.97 Å². The van der Waals surface area contributed by atoms with Crippen molar-refractivity contribution in [1.82, 2.24) is 9.78 Å². The molecule has 1 N–H and O–H groups in total. The van der Waals surface area contributed by atoms with Gasteiger partial charge in [0.2, 0.25) is 0 Å². The van der Waals surface area contributed by atoms with E-state index in [1.54, 1.807) is 6.20 Å². The Morgan fingerprint density at radius 1 is 1.44 bits per heavy atom. The molecule has 2 atom stereocenters. The van der Waals surface area contributed by atoms with Gasteiger partial charge < -0.3 is 5.11 Å². The van der Waals surface area contributed by atoms with Gasteiger partial charge in [0.25, 0.3) is 0 Å². The van der Waals surface area contributed by atoms with E-state index in [1.807, 2.05) is 17.8 Å². The lowest BCUT2D eigenvalue weighted by atomic mass is 9.84. The predicted octanol–water partition coefficient (Wildman–Crippen LogP) is 2.63. The average Bonchev–Trinajstić information content (AvgIpc) is 2.62. The zero-order valence-electron chi connectivity index (χ0n) is 11.0. The summed E-state index contributed by atoms with van der Waals surface area (Å²) in [4.78, 5) is 11.3. The monoisotopic (exact) mass is 250 g/mol. The lowest BCUT2D eigenvalue weighted by molar-refractivity contribution is -0.144. The topological polar surface area (TPSA) is 55.1 Å². The molecule has 4 heteroatoms. The van der Waals surface area contributed by atoms with Crippen molar-refractivity contribution in [3.63, 3.8) is 0 Å². The van der Waals surface area contributed by atoms with Gasteiger partial charge in [0.1, 0.15) is 0 Å². The summed E-state index contributed by atoms with van der Waals surface area (Å²) in [6, 6.07) is 2.02. The standard InChI is InChI=1S/C14H22N2O2/c1-16-12(9-10-15-16)8-7-11-5-3-2-4-6-13(11)14(17)18/h9-11,13H,2-8H2,1H3,(H,17,18). The van der Waals surface area contributed by atoms with Crippen molar-refractivity contribution in [3.05, 3.63) is 18.0 Å². The van der Waals surface area contributed by atoms with Gasteiger partial charge in [-0.05, 0) is 37.7 Å². The van der Waals surface area contributed by atoms with Gasteiger partial charge in [-0.15, -0.1) is 0 Å². The Balaban J connectivity index is 1.96. The summed E-state index contributed by atoms with van der Waals surface area (Å²) < 4.78 is 1.88. The Morgan fingerprint density at radius 3 is 2.89 bits per heavy atom. The van der Waals surface area contributed by atoms with Gasteiger partial charge >= 0.3 is 5.97 Å². The highest BCUT2D eigenvalue weighted by Gasteiger charge is 2.29. The van der Waals surface area contributed by atoms with Gasteiger partial charge in [0.15, 0.2) is 0 Å². The number of hydrogen-bond donors (Lipinski definition) is 1. The molecule has 1 aromatic heterocycles. The number of rotatable bonds is 4. The maximum atomic E-state index is 11.3. The third kappa shape index (κ3) is 3.12. The fraction of sp³-hybridized carbons (Fsp3) is 0.714. The van der Waals surface area contributed by atoms with Crippen LogP contribution in [0.1, 0.15) is 44.2 Å². The van der Waals surface area contributed by atoms with E-state index in [9.17, 15) is 9.90 Å². The zero-order valence-corrected chi connectivity index (χ0v) is 11.0. The molecule has 0 bridgehead atoms. The lowest BCUT2D eigenvalue weighted by Crippen LogP contribution is -2.23. The van der Waals surface area contributed by atoms with E-state index in [2.05, 4.69) is 5.10 Å². The second-order valence-electron chi connectivity index (χ2n) is 5.33. The van der Waals surface area contributed by atoms with E-state index < -0.39 is 5.97 Å². The first-order chi connectivity index (χ1) is 8.68. The molecule has 2 rings (SSSR count). The molecule has 0 aromatic carbocycles. The van der Waals surface area contributed by atoms with Gasteiger partial charge in [-0.25, -0.2) is 0 Å². The predicted molar refractivity (Wildman–Crippen MR) is 69.2 cm³/mol. The molecule has 100 valence electrons. The van der Waals surface area contributed by atoms with Crippen LogP contribution in [0.25, 0.3) is 0 Å². The molecule has 1 aliphatic rings. The number of carboxylic acids is 1. The summed E-state index contributed by atoms with van der Waals surface area (Å²) in [6.07, 6.45) is 9.06. The fourth-order valence-electron chi connectivity index (χ4n) is 3.03. The van der Waals surface area contributed by atoms with Gasteiger partial charge in [-0.2, -0.15) is 5.10 Å². The van der Waals surface area contributed by atoms with Crippen LogP contribution < -0.4 is 0 Å². The summed E-state index contributed by atoms with van der Waals surface area (Å²) in [5.41, 5.74) is 1.20. The average molecular weight is 250 g/mol. The van der Waals surface area contributed by atoms with Crippen LogP contribution in [-0.4, -0.2) is 20.9 Å². The third-order valence-corrected chi connectivity index (χ3v) is 4.17. The summed E-state index contributed by atoms with van der Waals surface area (Å²) in [6.45, 7) is 0. The lowest BCUT2D eigenvalue weighted by Gasteiger charge is -2.21. The number of aryl methyl sites for hydroxylation is 2. The Kier molecular flexibility index (Phi) is 4.39. The largest absolute Gasteiger partial charge is 0.481 e.